The van der Waals surface area contributed by atoms with E-state index in [1.807, 2.05) is 24.3 Å². The Hall–Kier alpha value is -1.55. The van der Waals surface area contributed by atoms with Gasteiger partial charge < -0.3 is 0 Å². The van der Waals surface area contributed by atoms with E-state index in [-0.39, 0.29) is 18.2 Å². The minimum Gasteiger partial charge on any atom is -0.295 e. The van der Waals surface area contributed by atoms with E-state index >= 15 is 0 Å². The molecule has 2 aromatic heterocycles. The van der Waals surface area contributed by atoms with Crippen molar-refractivity contribution in [2.45, 2.75) is 31.9 Å². The van der Waals surface area contributed by atoms with E-state index in [9.17, 15) is 13.2 Å². The number of halogens is 1. The molecule has 1 aliphatic rings. The molecule has 0 unspecified atom stereocenters. The fourth-order valence-electron chi connectivity index (χ4n) is 3.45. The van der Waals surface area contributed by atoms with Gasteiger partial charge in [-0.05, 0) is 57.9 Å². The Morgan fingerprint density at radius 3 is 2.93 bits per heavy atom. The monoisotopic (exact) mass is 468 g/mol. The second kappa shape index (κ2) is 7.12. The Morgan fingerprint density at radius 1 is 1.33 bits per heavy atom. The standard InChI is InChI=1S/C18H17BrN2O4S2/c1-27(23,24)25-9-11-2-3-13-7-14(5-4-12(13)6-11)21-10-20-15-8-16(19)26-17(15)18(21)22/h2-3,6,8,10,14H,4-5,7,9H2,1H3/t14-/m0/s1. The molecular weight excluding hydrogens is 452 g/mol. The van der Waals surface area contributed by atoms with Gasteiger partial charge in [0.25, 0.3) is 15.7 Å². The number of hydrogen-bond acceptors (Lipinski definition) is 6. The van der Waals surface area contributed by atoms with E-state index in [0.29, 0.717) is 4.70 Å². The largest absolute Gasteiger partial charge is 0.295 e. The lowest BCUT2D eigenvalue weighted by Crippen LogP contribution is -2.28. The Morgan fingerprint density at radius 2 is 2.15 bits per heavy atom. The van der Waals surface area contributed by atoms with Crippen molar-refractivity contribution in [3.05, 3.63) is 61.4 Å². The van der Waals surface area contributed by atoms with Crippen LogP contribution in [0.15, 0.2) is 39.2 Å². The quantitative estimate of drug-likeness (QED) is 0.548. The summed E-state index contributed by atoms with van der Waals surface area (Å²) in [6, 6.07) is 7.81. The van der Waals surface area contributed by atoms with Crippen LogP contribution in [-0.2, 0) is 33.7 Å². The van der Waals surface area contributed by atoms with Gasteiger partial charge in [0.15, 0.2) is 0 Å². The number of hydrogen-bond donors (Lipinski definition) is 0. The van der Waals surface area contributed by atoms with Gasteiger partial charge in [-0.2, -0.15) is 8.42 Å². The van der Waals surface area contributed by atoms with Crippen molar-refractivity contribution >= 4 is 47.6 Å². The molecule has 2 heterocycles. The molecule has 142 valence electrons. The van der Waals surface area contributed by atoms with Gasteiger partial charge in [-0.3, -0.25) is 13.5 Å². The van der Waals surface area contributed by atoms with Crippen LogP contribution >= 0.6 is 27.3 Å². The highest BCUT2D eigenvalue weighted by molar-refractivity contribution is 9.11. The highest BCUT2D eigenvalue weighted by atomic mass is 79.9. The summed E-state index contributed by atoms with van der Waals surface area (Å²) in [4.78, 5) is 17.3. The minimum atomic E-state index is -3.46. The van der Waals surface area contributed by atoms with Crippen LogP contribution in [0, 0.1) is 0 Å². The van der Waals surface area contributed by atoms with Crippen molar-refractivity contribution in [2.75, 3.05) is 6.26 Å². The lowest BCUT2D eigenvalue weighted by atomic mass is 9.87. The molecule has 0 N–H and O–H groups in total. The van der Waals surface area contributed by atoms with Crippen LogP contribution < -0.4 is 5.56 Å². The molecule has 0 spiro atoms. The number of aryl methyl sites for hydroxylation is 1. The van der Waals surface area contributed by atoms with E-state index in [1.165, 1.54) is 22.5 Å². The van der Waals surface area contributed by atoms with Crippen LogP contribution in [-0.4, -0.2) is 24.2 Å². The van der Waals surface area contributed by atoms with Crippen LogP contribution in [0.4, 0.5) is 0 Å². The summed E-state index contributed by atoms with van der Waals surface area (Å²) >= 11 is 4.82. The van der Waals surface area contributed by atoms with Crippen LogP contribution in [0.2, 0.25) is 0 Å². The first kappa shape index (κ1) is 18.8. The summed E-state index contributed by atoms with van der Waals surface area (Å²) < 4.78 is 30.5. The fourth-order valence-corrected chi connectivity index (χ4v) is 5.27. The molecule has 0 amide bonds. The van der Waals surface area contributed by atoms with E-state index in [4.69, 9.17) is 4.18 Å². The molecule has 9 heteroatoms. The summed E-state index contributed by atoms with van der Waals surface area (Å²) in [7, 11) is -3.46. The summed E-state index contributed by atoms with van der Waals surface area (Å²) in [5, 5.41) is 0. The third-order valence-electron chi connectivity index (χ3n) is 4.74. The van der Waals surface area contributed by atoms with Crippen molar-refractivity contribution in [1.82, 2.24) is 9.55 Å². The third-order valence-corrected chi connectivity index (χ3v) is 6.90. The lowest BCUT2D eigenvalue weighted by molar-refractivity contribution is 0.311. The average Bonchev–Trinajstić information content (AvgIpc) is 3.00. The van der Waals surface area contributed by atoms with Crippen molar-refractivity contribution in [1.29, 1.82) is 0 Å². The normalized spacial score (nSPS) is 17.2. The number of fused-ring (bicyclic) bond motifs is 2. The third kappa shape index (κ3) is 4.01. The molecule has 4 rings (SSSR count). The zero-order chi connectivity index (χ0) is 19.2. The molecule has 0 fully saturated rings. The second-order valence-corrected chi connectivity index (χ2v) is 10.8. The Bertz CT molecular complexity index is 1180. The van der Waals surface area contributed by atoms with Crippen LogP contribution in [0.25, 0.3) is 10.2 Å². The first-order valence-electron chi connectivity index (χ1n) is 8.41. The van der Waals surface area contributed by atoms with Gasteiger partial charge in [0.1, 0.15) is 4.70 Å². The molecule has 1 aliphatic carbocycles. The lowest BCUT2D eigenvalue weighted by Gasteiger charge is -2.26. The summed E-state index contributed by atoms with van der Waals surface area (Å²) in [6.45, 7) is 0.0445. The Balaban J connectivity index is 1.58. The van der Waals surface area contributed by atoms with E-state index in [0.717, 1.165) is 40.4 Å². The maximum atomic E-state index is 12.8. The predicted octanol–water partition coefficient (Wildman–Crippen LogP) is 3.43. The average molecular weight is 469 g/mol. The zero-order valence-electron chi connectivity index (χ0n) is 14.5. The molecular formula is C18H17BrN2O4S2. The highest BCUT2D eigenvalue weighted by Gasteiger charge is 2.22. The minimum absolute atomic E-state index is 0.00215. The summed E-state index contributed by atoms with van der Waals surface area (Å²) in [5.74, 6) is 0. The number of aromatic nitrogens is 2. The smallest absolute Gasteiger partial charge is 0.271 e. The van der Waals surface area contributed by atoms with Crippen molar-refractivity contribution in [2.24, 2.45) is 0 Å². The predicted molar refractivity (Wildman–Crippen MR) is 109 cm³/mol. The number of nitrogens with zero attached hydrogens (tertiary/aromatic N) is 2. The molecule has 0 bridgehead atoms. The van der Waals surface area contributed by atoms with Gasteiger partial charge in [0.05, 0.1) is 28.5 Å². The van der Waals surface area contributed by atoms with Crippen LogP contribution in [0.1, 0.15) is 29.2 Å². The molecule has 6 nitrogen and oxygen atoms in total. The summed E-state index contributed by atoms with van der Waals surface area (Å²) in [6.07, 6.45) is 5.11. The van der Waals surface area contributed by atoms with Crippen LogP contribution in [0.5, 0.6) is 0 Å². The van der Waals surface area contributed by atoms with Gasteiger partial charge in [-0.15, -0.1) is 11.3 Å². The molecule has 1 aromatic carbocycles. The molecule has 0 aliphatic heterocycles. The molecule has 0 saturated heterocycles. The highest BCUT2D eigenvalue weighted by Crippen LogP contribution is 2.31. The molecule has 0 radical (unpaired) electrons. The molecule has 1 atom stereocenters. The zero-order valence-corrected chi connectivity index (χ0v) is 17.7. The van der Waals surface area contributed by atoms with Gasteiger partial charge in [0.2, 0.25) is 0 Å². The van der Waals surface area contributed by atoms with Crippen molar-refractivity contribution in [3.63, 3.8) is 0 Å². The fraction of sp³-hybridized carbons (Fsp3) is 0.333. The van der Waals surface area contributed by atoms with Gasteiger partial charge in [-0.25, -0.2) is 4.98 Å². The SMILES string of the molecule is CS(=O)(=O)OCc1ccc2c(c1)CC[C@H](n1cnc3cc(Br)sc3c1=O)C2. The molecule has 0 saturated carbocycles. The second-order valence-electron chi connectivity index (χ2n) is 6.69. The molecule has 3 aromatic rings. The number of thiophene rings is 1. The Labute approximate surface area is 169 Å². The van der Waals surface area contributed by atoms with Crippen molar-refractivity contribution in [3.8, 4) is 0 Å². The van der Waals surface area contributed by atoms with Gasteiger partial charge >= 0.3 is 0 Å². The first-order chi connectivity index (χ1) is 12.8. The number of rotatable bonds is 4. The molecule has 27 heavy (non-hydrogen) atoms. The maximum absolute atomic E-state index is 12.8. The maximum Gasteiger partial charge on any atom is 0.271 e. The topological polar surface area (TPSA) is 78.3 Å². The van der Waals surface area contributed by atoms with Gasteiger partial charge in [0, 0.05) is 6.04 Å². The summed E-state index contributed by atoms with van der Waals surface area (Å²) in [5.41, 5.74) is 3.92. The van der Waals surface area contributed by atoms with Crippen LogP contribution in [0.3, 0.4) is 0 Å². The first-order valence-corrected chi connectivity index (χ1v) is 11.8. The van der Waals surface area contributed by atoms with E-state index in [1.54, 1.807) is 10.9 Å². The van der Waals surface area contributed by atoms with E-state index < -0.39 is 10.1 Å². The number of benzene rings is 1. The Kier molecular flexibility index (Phi) is 4.96. The van der Waals surface area contributed by atoms with E-state index in [2.05, 4.69) is 20.9 Å². The van der Waals surface area contributed by atoms with Gasteiger partial charge in [-0.1, -0.05) is 18.2 Å². The van der Waals surface area contributed by atoms with Crippen molar-refractivity contribution < 1.29 is 12.6 Å².